The van der Waals surface area contributed by atoms with Crippen molar-refractivity contribution in [2.45, 2.75) is 50.7 Å². The minimum atomic E-state index is -0.749. The van der Waals surface area contributed by atoms with E-state index in [1.54, 1.807) is 16.2 Å². The van der Waals surface area contributed by atoms with Crippen molar-refractivity contribution in [3.05, 3.63) is 22.4 Å². The van der Waals surface area contributed by atoms with E-state index in [1.807, 2.05) is 31.5 Å². The van der Waals surface area contributed by atoms with E-state index in [0.29, 0.717) is 0 Å². The van der Waals surface area contributed by atoms with Crippen molar-refractivity contribution in [1.82, 2.24) is 4.90 Å². The second-order valence-electron chi connectivity index (χ2n) is 5.30. The molecule has 1 heterocycles. The lowest BCUT2D eigenvalue weighted by atomic mass is 9.97. The molecule has 18 heavy (non-hydrogen) atoms. The second-order valence-corrected chi connectivity index (χ2v) is 6.28. The largest absolute Gasteiger partial charge is 0.389 e. The van der Waals surface area contributed by atoms with Gasteiger partial charge >= 0.3 is 0 Å². The molecule has 1 aliphatic carbocycles. The molecule has 0 bridgehead atoms. The molecule has 1 fully saturated rings. The smallest absolute Gasteiger partial charge is 0.225 e. The quantitative estimate of drug-likeness (QED) is 0.911. The van der Waals surface area contributed by atoms with Gasteiger partial charge < -0.3 is 10.0 Å². The van der Waals surface area contributed by atoms with E-state index >= 15 is 0 Å². The molecule has 1 aromatic heterocycles. The van der Waals surface area contributed by atoms with Crippen LogP contribution in [-0.4, -0.2) is 28.6 Å². The maximum absolute atomic E-state index is 12.2. The third kappa shape index (κ3) is 2.93. The van der Waals surface area contributed by atoms with Gasteiger partial charge in [-0.05, 0) is 31.2 Å². The Balaban J connectivity index is 1.96. The summed E-state index contributed by atoms with van der Waals surface area (Å²) in [6.07, 6.45) is 3.86. The zero-order valence-corrected chi connectivity index (χ0v) is 11.9. The van der Waals surface area contributed by atoms with Crippen LogP contribution in [0.2, 0.25) is 0 Å². The minimum Gasteiger partial charge on any atom is -0.389 e. The van der Waals surface area contributed by atoms with Crippen molar-refractivity contribution >= 4 is 17.2 Å². The van der Waals surface area contributed by atoms with Gasteiger partial charge in [0.15, 0.2) is 0 Å². The van der Waals surface area contributed by atoms with Gasteiger partial charge in [0.25, 0.3) is 0 Å². The number of carbonyl (C=O) groups excluding carboxylic acids is 1. The standard InChI is InChI=1S/C14H21NO2S/c1-11(12-6-5-9-18-12)15(2)13(16)10-14(17)7-3-4-8-14/h5-6,9,11,17H,3-4,7-8,10H2,1-2H3. The number of rotatable bonds is 4. The summed E-state index contributed by atoms with van der Waals surface area (Å²) in [5.74, 6) is 0.0419. The first-order chi connectivity index (χ1) is 8.52. The Morgan fingerprint density at radius 3 is 2.78 bits per heavy atom. The number of nitrogens with zero attached hydrogens (tertiary/aromatic N) is 1. The number of amides is 1. The molecule has 1 amide bonds. The molecule has 0 aromatic carbocycles. The molecule has 0 radical (unpaired) electrons. The van der Waals surface area contributed by atoms with E-state index < -0.39 is 5.60 Å². The van der Waals surface area contributed by atoms with E-state index in [0.717, 1.165) is 25.7 Å². The SMILES string of the molecule is CC(c1cccs1)N(C)C(=O)CC1(O)CCCC1. The van der Waals surface area contributed by atoms with Gasteiger partial charge in [-0.1, -0.05) is 18.9 Å². The number of thiophene rings is 1. The summed E-state index contributed by atoms with van der Waals surface area (Å²) in [5.41, 5.74) is -0.749. The zero-order chi connectivity index (χ0) is 13.2. The first-order valence-corrected chi connectivity index (χ1v) is 7.41. The molecule has 1 saturated carbocycles. The van der Waals surface area contributed by atoms with Crippen LogP contribution in [0.25, 0.3) is 0 Å². The first kappa shape index (κ1) is 13.6. The molecule has 1 atom stereocenters. The first-order valence-electron chi connectivity index (χ1n) is 6.53. The highest BCUT2D eigenvalue weighted by atomic mass is 32.1. The summed E-state index contributed by atoms with van der Waals surface area (Å²) in [4.78, 5) is 15.1. The van der Waals surface area contributed by atoms with Gasteiger partial charge in [0.05, 0.1) is 18.1 Å². The van der Waals surface area contributed by atoms with E-state index in [4.69, 9.17) is 0 Å². The Hall–Kier alpha value is -0.870. The molecular weight excluding hydrogens is 246 g/mol. The monoisotopic (exact) mass is 267 g/mol. The second kappa shape index (κ2) is 5.41. The van der Waals surface area contributed by atoms with E-state index in [9.17, 15) is 9.90 Å². The van der Waals surface area contributed by atoms with Crippen LogP contribution in [0.3, 0.4) is 0 Å². The third-order valence-electron chi connectivity index (χ3n) is 3.94. The predicted molar refractivity (Wildman–Crippen MR) is 73.5 cm³/mol. The number of hydrogen-bond donors (Lipinski definition) is 1. The molecule has 2 rings (SSSR count). The molecule has 1 unspecified atom stereocenters. The van der Waals surface area contributed by atoms with Crippen molar-refractivity contribution in [1.29, 1.82) is 0 Å². The van der Waals surface area contributed by atoms with Crippen LogP contribution in [0, 0.1) is 0 Å². The number of aliphatic hydroxyl groups is 1. The summed E-state index contributed by atoms with van der Waals surface area (Å²) in [5, 5.41) is 12.3. The van der Waals surface area contributed by atoms with Gasteiger partial charge in [-0.2, -0.15) is 0 Å². The van der Waals surface area contributed by atoms with Crippen LogP contribution in [0.15, 0.2) is 17.5 Å². The highest BCUT2D eigenvalue weighted by Crippen LogP contribution is 2.33. The minimum absolute atomic E-state index is 0.0419. The Labute approximate surface area is 112 Å². The summed E-state index contributed by atoms with van der Waals surface area (Å²) in [7, 11) is 1.82. The van der Waals surface area contributed by atoms with Gasteiger partial charge in [-0.25, -0.2) is 0 Å². The fraction of sp³-hybridized carbons (Fsp3) is 0.643. The molecular formula is C14H21NO2S. The molecule has 0 spiro atoms. The normalized spacial score (nSPS) is 19.7. The molecule has 1 aliphatic rings. The van der Waals surface area contributed by atoms with Crippen LogP contribution in [0.1, 0.15) is 49.9 Å². The van der Waals surface area contributed by atoms with Crippen molar-refractivity contribution in [3.63, 3.8) is 0 Å². The van der Waals surface area contributed by atoms with Gasteiger partial charge in [0.2, 0.25) is 5.91 Å². The van der Waals surface area contributed by atoms with E-state index in [-0.39, 0.29) is 18.4 Å². The summed E-state index contributed by atoms with van der Waals surface area (Å²) in [6, 6.07) is 4.13. The van der Waals surface area contributed by atoms with Crippen molar-refractivity contribution in [3.8, 4) is 0 Å². The van der Waals surface area contributed by atoms with Crippen LogP contribution >= 0.6 is 11.3 Å². The van der Waals surface area contributed by atoms with Crippen molar-refractivity contribution < 1.29 is 9.90 Å². The van der Waals surface area contributed by atoms with Crippen LogP contribution in [0.4, 0.5) is 0 Å². The molecule has 3 nitrogen and oxygen atoms in total. The van der Waals surface area contributed by atoms with Crippen LogP contribution in [0.5, 0.6) is 0 Å². The van der Waals surface area contributed by atoms with Gasteiger partial charge in [0, 0.05) is 11.9 Å². The Morgan fingerprint density at radius 1 is 1.56 bits per heavy atom. The lowest BCUT2D eigenvalue weighted by molar-refractivity contribution is -0.136. The predicted octanol–water partition coefficient (Wildman–Crippen LogP) is 2.96. The van der Waals surface area contributed by atoms with E-state index in [1.165, 1.54) is 4.88 Å². The Kier molecular flexibility index (Phi) is 4.07. The number of hydrogen-bond acceptors (Lipinski definition) is 3. The fourth-order valence-corrected chi connectivity index (χ4v) is 3.38. The Morgan fingerprint density at radius 2 is 2.22 bits per heavy atom. The van der Waals surface area contributed by atoms with Crippen molar-refractivity contribution in [2.75, 3.05) is 7.05 Å². The summed E-state index contributed by atoms with van der Waals surface area (Å²) in [6.45, 7) is 2.03. The van der Waals surface area contributed by atoms with Gasteiger partial charge in [-0.15, -0.1) is 11.3 Å². The molecule has 100 valence electrons. The molecule has 1 aromatic rings. The highest BCUT2D eigenvalue weighted by Gasteiger charge is 2.35. The van der Waals surface area contributed by atoms with Crippen LogP contribution < -0.4 is 0 Å². The van der Waals surface area contributed by atoms with Gasteiger partial charge in [0.1, 0.15) is 0 Å². The summed E-state index contributed by atoms with van der Waals surface area (Å²) >= 11 is 1.66. The fourth-order valence-electron chi connectivity index (χ4n) is 2.55. The average molecular weight is 267 g/mol. The average Bonchev–Trinajstić information content (AvgIpc) is 2.98. The molecule has 1 N–H and O–H groups in total. The maximum Gasteiger partial charge on any atom is 0.225 e. The van der Waals surface area contributed by atoms with E-state index in [2.05, 4.69) is 0 Å². The topological polar surface area (TPSA) is 40.5 Å². The highest BCUT2D eigenvalue weighted by molar-refractivity contribution is 7.10. The molecule has 4 heteroatoms. The molecule has 0 saturated heterocycles. The van der Waals surface area contributed by atoms with Crippen molar-refractivity contribution in [2.24, 2.45) is 0 Å². The maximum atomic E-state index is 12.2. The Bertz CT molecular complexity index is 396. The molecule has 0 aliphatic heterocycles. The lowest BCUT2D eigenvalue weighted by Gasteiger charge is -2.28. The lowest BCUT2D eigenvalue weighted by Crippen LogP contribution is -2.37. The third-order valence-corrected chi connectivity index (χ3v) is 4.99. The van der Waals surface area contributed by atoms with Gasteiger partial charge in [-0.3, -0.25) is 4.79 Å². The zero-order valence-electron chi connectivity index (χ0n) is 11.1. The summed E-state index contributed by atoms with van der Waals surface area (Å²) < 4.78 is 0. The number of carbonyl (C=O) groups is 1. The van der Waals surface area contributed by atoms with Crippen LogP contribution in [-0.2, 0) is 4.79 Å².